The summed E-state index contributed by atoms with van der Waals surface area (Å²) in [5, 5.41) is 10.1. The molecule has 0 fully saturated rings. The molecule has 0 aliphatic carbocycles. The van der Waals surface area contributed by atoms with Crippen LogP contribution in [0.2, 0.25) is 0 Å². The summed E-state index contributed by atoms with van der Waals surface area (Å²) in [6, 6.07) is 7.86. The Morgan fingerprint density at radius 2 is 2.04 bits per heavy atom. The molecule has 130 valence electrons. The minimum atomic E-state index is -0.362. The summed E-state index contributed by atoms with van der Waals surface area (Å²) in [7, 11) is 0. The molecule has 9 heteroatoms. The third-order valence-corrected chi connectivity index (χ3v) is 4.34. The average molecular weight is 376 g/mol. The highest BCUT2D eigenvalue weighted by atomic mass is 32.2. The SMILES string of the molecule is CC(C)CSc1nc(NNC(N)=S)c(C#N)c(-c2ccc(F)cc2)n1. The number of nitrogens with two attached hydrogens (primary N) is 1. The summed E-state index contributed by atoms with van der Waals surface area (Å²) in [5.74, 6) is 1.16. The number of benzene rings is 1. The first-order valence-corrected chi connectivity index (χ1v) is 8.82. The van der Waals surface area contributed by atoms with E-state index in [9.17, 15) is 9.65 Å². The van der Waals surface area contributed by atoms with Crippen LogP contribution in [0.15, 0.2) is 29.4 Å². The van der Waals surface area contributed by atoms with Crippen molar-refractivity contribution in [2.24, 2.45) is 11.7 Å². The lowest BCUT2D eigenvalue weighted by Gasteiger charge is -2.13. The Balaban J connectivity index is 2.51. The van der Waals surface area contributed by atoms with Crippen molar-refractivity contribution in [3.8, 4) is 17.3 Å². The quantitative estimate of drug-likeness (QED) is 0.306. The number of aromatic nitrogens is 2. The minimum Gasteiger partial charge on any atom is -0.375 e. The van der Waals surface area contributed by atoms with Gasteiger partial charge < -0.3 is 5.73 Å². The number of rotatable bonds is 6. The van der Waals surface area contributed by atoms with Gasteiger partial charge in [-0.15, -0.1) is 0 Å². The van der Waals surface area contributed by atoms with Gasteiger partial charge in [0.25, 0.3) is 0 Å². The molecule has 2 rings (SSSR count). The number of hydrazine groups is 1. The van der Waals surface area contributed by atoms with E-state index in [0.29, 0.717) is 22.3 Å². The highest BCUT2D eigenvalue weighted by molar-refractivity contribution is 7.99. The maximum atomic E-state index is 13.2. The van der Waals surface area contributed by atoms with Crippen molar-refractivity contribution in [1.82, 2.24) is 15.4 Å². The van der Waals surface area contributed by atoms with Crippen LogP contribution in [0.25, 0.3) is 11.3 Å². The van der Waals surface area contributed by atoms with Crippen molar-refractivity contribution in [3.05, 3.63) is 35.6 Å². The molecule has 0 bridgehead atoms. The van der Waals surface area contributed by atoms with Crippen LogP contribution in [0.4, 0.5) is 10.2 Å². The second-order valence-corrected chi connectivity index (χ2v) is 6.94. The Morgan fingerprint density at radius 1 is 1.36 bits per heavy atom. The molecule has 0 amide bonds. The van der Waals surface area contributed by atoms with Gasteiger partial charge >= 0.3 is 0 Å². The smallest absolute Gasteiger partial charge is 0.190 e. The molecule has 1 aromatic carbocycles. The minimum absolute atomic E-state index is 0.0159. The second kappa shape index (κ2) is 8.60. The zero-order valence-corrected chi connectivity index (χ0v) is 15.3. The van der Waals surface area contributed by atoms with E-state index in [4.69, 9.17) is 18.0 Å². The van der Waals surface area contributed by atoms with E-state index in [1.807, 2.05) is 0 Å². The number of nitriles is 1. The first-order chi connectivity index (χ1) is 11.9. The molecular formula is C16H17FN6S2. The second-order valence-electron chi connectivity index (χ2n) is 5.52. The molecule has 6 nitrogen and oxygen atoms in total. The molecular weight excluding hydrogens is 359 g/mol. The summed E-state index contributed by atoms with van der Waals surface area (Å²) >= 11 is 6.23. The van der Waals surface area contributed by atoms with E-state index < -0.39 is 0 Å². The summed E-state index contributed by atoms with van der Waals surface area (Å²) in [4.78, 5) is 8.84. The number of anilines is 1. The predicted molar refractivity (Wildman–Crippen MR) is 101 cm³/mol. The van der Waals surface area contributed by atoms with E-state index in [2.05, 4.69) is 40.7 Å². The van der Waals surface area contributed by atoms with E-state index >= 15 is 0 Å². The molecule has 4 N–H and O–H groups in total. The van der Waals surface area contributed by atoms with Crippen molar-refractivity contribution in [2.45, 2.75) is 19.0 Å². The maximum Gasteiger partial charge on any atom is 0.190 e. The Morgan fingerprint density at radius 3 is 2.60 bits per heavy atom. The van der Waals surface area contributed by atoms with Crippen molar-refractivity contribution in [3.63, 3.8) is 0 Å². The number of hydrogen-bond donors (Lipinski definition) is 3. The normalized spacial score (nSPS) is 10.4. The highest BCUT2D eigenvalue weighted by Gasteiger charge is 2.17. The lowest BCUT2D eigenvalue weighted by Crippen LogP contribution is -2.34. The fourth-order valence-electron chi connectivity index (χ4n) is 1.88. The van der Waals surface area contributed by atoms with Crippen LogP contribution in [0.3, 0.4) is 0 Å². The monoisotopic (exact) mass is 376 g/mol. The van der Waals surface area contributed by atoms with Crippen LogP contribution in [-0.4, -0.2) is 20.8 Å². The third kappa shape index (κ3) is 5.27. The summed E-state index contributed by atoms with van der Waals surface area (Å²) < 4.78 is 13.2. The number of hydrogen-bond acceptors (Lipinski definition) is 6. The topological polar surface area (TPSA) is 99.6 Å². The first-order valence-electron chi connectivity index (χ1n) is 7.43. The average Bonchev–Trinajstić information content (AvgIpc) is 2.58. The van der Waals surface area contributed by atoms with Crippen LogP contribution in [0.1, 0.15) is 19.4 Å². The Bertz CT molecular complexity index is 802. The molecule has 0 saturated heterocycles. The van der Waals surface area contributed by atoms with Gasteiger partial charge in [-0.3, -0.25) is 10.9 Å². The number of halogens is 1. The number of thiocarbonyl (C=S) groups is 1. The summed E-state index contributed by atoms with van der Waals surface area (Å²) in [5.41, 5.74) is 12.0. The molecule has 0 saturated carbocycles. The molecule has 1 aromatic heterocycles. The fraction of sp³-hybridized carbons (Fsp3) is 0.250. The Labute approximate surface area is 155 Å². The number of nitrogens with zero attached hydrogens (tertiary/aromatic N) is 3. The first kappa shape index (κ1) is 18.9. The molecule has 0 spiro atoms. The highest BCUT2D eigenvalue weighted by Crippen LogP contribution is 2.29. The van der Waals surface area contributed by atoms with E-state index in [-0.39, 0.29) is 22.3 Å². The Kier molecular flexibility index (Phi) is 6.50. The van der Waals surface area contributed by atoms with Gasteiger partial charge in [-0.1, -0.05) is 25.6 Å². The van der Waals surface area contributed by atoms with Gasteiger partial charge in [-0.25, -0.2) is 14.4 Å². The van der Waals surface area contributed by atoms with Crippen molar-refractivity contribution >= 4 is 34.9 Å². The van der Waals surface area contributed by atoms with E-state index in [1.165, 1.54) is 23.9 Å². The zero-order chi connectivity index (χ0) is 18.4. The Hall–Kier alpha value is -2.44. The molecule has 0 aliphatic rings. The van der Waals surface area contributed by atoms with Crippen LogP contribution < -0.4 is 16.6 Å². The van der Waals surface area contributed by atoms with Crippen LogP contribution >= 0.6 is 24.0 Å². The largest absolute Gasteiger partial charge is 0.375 e. The van der Waals surface area contributed by atoms with Crippen molar-refractivity contribution in [1.29, 1.82) is 5.26 Å². The molecule has 0 aliphatic heterocycles. The van der Waals surface area contributed by atoms with Gasteiger partial charge in [-0.05, 0) is 42.4 Å². The summed E-state index contributed by atoms with van der Waals surface area (Å²) in [6.07, 6.45) is 0. The van der Waals surface area contributed by atoms with Gasteiger partial charge in [0.05, 0.1) is 5.69 Å². The molecule has 0 unspecified atom stereocenters. The zero-order valence-electron chi connectivity index (χ0n) is 13.7. The van der Waals surface area contributed by atoms with E-state index in [0.717, 1.165) is 5.75 Å². The van der Waals surface area contributed by atoms with E-state index in [1.54, 1.807) is 12.1 Å². The van der Waals surface area contributed by atoms with Crippen molar-refractivity contribution < 1.29 is 4.39 Å². The fourth-order valence-corrected chi connectivity index (χ4v) is 2.72. The van der Waals surface area contributed by atoms with Gasteiger partial charge in [0, 0.05) is 11.3 Å². The lowest BCUT2D eigenvalue weighted by atomic mass is 10.1. The molecule has 0 atom stereocenters. The molecule has 0 radical (unpaired) electrons. The van der Waals surface area contributed by atoms with Crippen LogP contribution in [-0.2, 0) is 0 Å². The van der Waals surface area contributed by atoms with Gasteiger partial charge in [0.2, 0.25) is 0 Å². The van der Waals surface area contributed by atoms with Crippen molar-refractivity contribution in [2.75, 3.05) is 11.2 Å². The number of thioether (sulfide) groups is 1. The van der Waals surface area contributed by atoms with Gasteiger partial charge in [0.1, 0.15) is 17.4 Å². The lowest BCUT2D eigenvalue weighted by molar-refractivity contribution is 0.628. The van der Waals surface area contributed by atoms with Crippen LogP contribution in [0.5, 0.6) is 0 Å². The molecule has 25 heavy (non-hydrogen) atoms. The third-order valence-electron chi connectivity index (χ3n) is 2.97. The number of nitrogens with one attached hydrogen (secondary N) is 2. The van der Waals surface area contributed by atoms with Gasteiger partial charge in [0.15, 0.2) is 16.1 Å². The molecule has 2 aromatic rings. The predicted octanol–water partition coefficient (Wildman–Crippen LogP) is 3.06. The summed E-state index contributed by atoms with van der Waals surface area (Å²) in [6.45, 7) is 4.18. The van der Waals surface area contributed by atoms with Gasteiger partial charge in [-0.2, -0.15) is 5.26 Å². The maximum absolute atomic E-state index is 13.2. The standard InChI is InChI=1S/C16H17FN6S2/c1-9(2)8-25-16-20-13(10-3-5-11(17)6-4-10)12(7-18)14(21-16)22-23-15(19)24/h3-6,9H,8H2,1-2H3,(H3,19,23,24)(H,20,21,22). The van der Waals surface area contributed by atoms with Crippen LogP contribution in [0, 0.1) is 23.1 Å². The molecule has 1 heterocycles.